The molecule has 0 aliphatic carbocycles. The molecule has 0 unspecified atom stereocenters. The van der Waals surface area contributed by atoms with E-state index in [4.69, 9.17) is 15.2 Å². The van der Waals surface area contributed by atoms with Crippen LogP contribution < -0.4 is 10.5 Å². The number of hydrogen-bond acceptors (Lipinski definition) is 4. The third-order valence-electron chi connectivity index (χ3n) is 2.92. The van der Waals surface area contributed by atoms with E-state index in [0.29, 0.717) is 6.61 Å². The maximum atomic E-state index is 13.5. The molecular weight excluding hydrogens is 292 g/mol. The first-order chi connectivity index (χ1) is 10.6. The lowest BCUT2D eigenvalue weighted by Crippen LogP contribution is -2.24. The summed E-state index contributed by atoms with van der Waals surface area (Å²) in [4.78, 5) is 0. The van der Waals surface area contributed by atoms with Crippen molar-refractivity contribution in [3.63, 3.8) is 0 Å². The van der Waals surface area contributed by atoms with Crippen LogP contribution in [0.25, 0.3) is 0 Å². The Bertz CT molecular complexity index is 608. The Labute approximate surface area is 127 Å². The van der Waals surface area contributed by atoms with Gasteiger partial charge in [0.05, 0.1) is 18.9 Å². The zero-order valence-electron chi connectivity index (χ0n) is 11.8. The molecule has 22 heavy (non-hydrogen) atoms. The largest absolute Gasteiger partial charge is 0.485 e. The summed E-state index contributed by atoms with van der Waals surface area (Å²) in [6, 6.07) is 11.6. The number of anilines is 1. The van der Waals surface area contributed by atoms with Gasteiger partial charge in [0.2, 0.25) is 5.82 Å². The lowest BCUT2D eigenvalue weighted by molar-refractivity contribution is 0.00489. The van der Waals surface area contributed by atoms with Crippen molar-refractivity contribution in [3.05, 3.63) is 59.7 Å². The van der Waals surface area contributed by atoms with Crippen LogP contribution in [-0.4, -0.2) is 24.4 Å². The van der Waals surface area contributed by atoms with Crippen LogP contribution in [0, 0.1) is 11.6 Å². The second kappa shape index (κ2) is 7.72. The van der Waals surface area contributed by atoms with Gasteiger partial charge in [-0.2, -0.15) is 4.39 Å². The summed E-state index contributed by atoms with van der Waals surface area (Å²) < 4.78 is 36.9. The molecule has 0 saturated heterocycles. The number of hydrogen-bond donors (Lipinski definition) is 2. The highest BCUT2D eigenvalue weighted by atomic mass is 19.2. The maximum Gasteiger partial charge on any atom is 0.202 e. The minimum atomic E-state index is -1.17. The number of benzene rings is 2. The van der Waals surface area contributed by atoms with Crippen molar-refractivity contribution in [2.24, 2.45) is 0 Å². The molecule has 2 rings (SSSR count). The normalized spacial score (nSPS) is 12.1. The first-order valence-corrected chi connectivity index (χ1v) is 6.74. The zero-order valence-corrected chi connectivity index (χ0v) is 11.8. The van der Waals surface area contributed by atoms with Crippen molar-refractivity contribution in [1.82, 2.24) is 0 Å². The summed E-state index contributed by atoms with van der Waals surface area (Å²) in [5, 5.41) is 9.73. The van der Waals surface area contributed by atoms with Crippen LogP contribution in [0.2, 0.25) is 0 Å². The Hall–Kier alpha value is -2.18. The molecule has 0 heterocycles. The second-order valence-electron chi connectivity index (χ2n) is 4.75. The number of halogens is 2. The van der Waals surface area contributed by atoms with Gasteiger partial charge in [-0.05, 0) is 17.7 Å². The number of rotatable bonds is 7. The minimum absolute atomic E-state index is 0.00569. The summed E-state index contributed by atoms with van der Waals surface area (Å²) in [7, 11) is 0. The number of aliphatic hydroxyl groups excluding tert-OH is 1. The van der Waals surface area contributed by atoms with Crippen LogP contribution in [-0.2, 0) is 11.3 Å². The number of ether oxygens (including phenoxy) is 2. The van der Waals surface area contributed by atoms with Gasteiger partial charge in [0.25, 0.3) is 0 Å². The Morgan fingerprint density at radius 1 is 1.05 bits per heavy atom. The molecular formula is C16H17F2NO3. The molecule has 0 spiro atoms. The van der Waals surface area contributed by atoms with Crippen LogP contribution in [0.1, 0.15) is 5.56 Å². The van der Waals surface area contributed by atoms with Crippen LogP contribution in [0.3, 0.4) is 0 Å². The second-order valence-corrected chi connectivity index (χ2v) is 4.75. The predicted octanol–water partition coefficient (Wildman–Crippen LogP) is 2.50. The molecule has 0 amide bonds. The van der Waals surface area contributed by atoms with E-state index in [1.165, 1.54) is 6.07 Å². The van der Waals surface area contributed by atoms with E-state index in [2.05, 4.69) is 0 Å². The van der Waals surface area contributed by atoms with Gasteiger partial charge in [-0.1, -0.05) is 30.3 Å². The van der Waals surface area contributed by atoms with Gasteiger partial charge >= 0.3 is 0 Å². The van der Waals surface area contributed by atoms with Gasteiger partial charge in [0, 0.05) is 0 Å². The SMILES string of the molecule is Nc1ccc(F)c(F)c1OC[C@H](O)COCc1ccccc1. The van der Waals surface area contributed by atoms with Crippen molar-refractivity contribution in [1.29, 1.82) is 0 Å². The van der Waals surface area contributed by atoms with Crippen molar-refractivity contribution in [2.75, 3.05) is 18.9 Å². The summed E-state index contributed by atoms with van der Waals surface area (Å²) in [6.07, 6.45) is -0.981. The molecule has 2 aromatic rings. The maximum absolute atomic E-state index is 13.5. The van der Waals surface area contributed by atoms with E-state index in [1.807, 2.05) is 30.3 Å². The van der Waals surface area contributed by atoms with E-state index in [-0.39, 0.29) is 18.9 Å². The molecule has 0 fully saturated rings. The monoisotopic (exact) mass is 309 g/mol. The summed E-state index contributed by atoms with van der Waals surface area (Å²) >= 11 is 0. The summed E-state index contributed by atoms with van der Waals surface area (Å²) in [5.74, 6) is -2.63. The minimum Gasteiger partial charge on any atom is -0.485 e. The lowest BCUT2D eigenvalue weighted by atomic mass is 10.2. The highest BCUT2D eigenvalue weighted by Crippen LogP contribution is 2.27. The molecule has 0 aliphatic rings. The molecule has 6 heteroatoms. The fraction of sp³-hybridized carbons (Fsp3) is 0.250. The molecule has 1 atom stereocenters. The zero-order chi connectivity index (χ0) is 15.9. The Morgan fingerprint density at radius 2 is 1.77 bits per heavy atom. The number of nitrogens with two attached hydrogens (primary N) is 1. The molecule has 0 bridgehead atoms. The summed E-state index contributed by atoms with van der Waals surface area (Å²) in [6.45, 7) is 0.0967. The molecule has 0 aliphatic heterocycles. The first kappa shape index (κ1) is 16.2. The van der Waals surface area contributed by atoms with Crippen molar-refractivity contribution in [3.8, 4) is 5.75 Å². The summed E-state index contributed by atoms with van der Waals surface area (Å²) in [5.41, 5.74) is 6.45. The van der Waals surface area contributed by atoms with E-state index in [1.54, 1.807) is 0 Å². The van der Waals surface area contributed by atoms with Gasteiger partial charge in [-0.15, -0.1) is 0 Å². The average molecular weight is 309 g/mol. The van der Waals surface area contributed by atoms with E-state index in [0.717, 1.165) is 11.6 Å². The lowest BCUT2D eigenvalue weighted by Gasteiger charge is -2.14. The van der Waals surface area contributed by atoms with Crippen molar-refractivity contribution < 1.29 is 23.4 Å². The van der Waals surface area contributed by atoms with Gasteiger partial charge in [0.1, 0.15) is 12.7 Å². The highest BCUT2D eigenvalue weighted by molar-refractivity contribution is 5.53. The molecule has 3 N–H and O–H groups in total. The predicted molar refractivity (Wildman–Crippen MR) is 78.4 cm³/mol. The Morgan fingerprint density at radius 3 is 2.50 bits per heavy atom. The van der Waals surface area contributed by atoms with E-state index in [9.17, 15) is 13.9 Å². The van der Waals surface area contributed by atoms with Crippen LogP contribution in [0.15, 0.2) is 42.5 Å². The first-order valence-electron chi connectivity index (χ1n) is 6.74. The third kappa shape index (κ3) is 4.41. The highest BCUT2D eigenvalue weighted by Gasteiger charge is 2.15. The van der Waals surface area contributed by atoms with Gasteiger partial charge in [-0.3, -0.25) is 0 Å². The molecule has 2 aromatic carbocycles. The van der Waals surface area contributed by atoms with Crippen LogP contribution in [0.4, 0.5) is 14.5 Å². The quantitative estimate of drug-likeness (QED) is 0.771. The Balaban J connectivity index is 1.78. The fourth-order valence-electron chi connectivity index (χ4n) is 1.81. The molecule has 118 valence electrons. The van der Waals surface area contributed by atoms with Gasteiger partial charge in [0.15, 0.2) is 11.6 Å². The van der Waals surface area contributed by atoms with Gasteiger partial charge in [-0.25, -0.2) is 4.39 Å². The number of nitrogen functional groups attached to an aromatic ring is 1. The standard InChI is InChI=1S/C16H17F2NO3/c17-13-6-7-14(19)16(15(13)18)22-10-12(20)9-21-8-11-4-2-1-3-5-11/h1-7,12,20H,8-10,19H2/t12-/m1/s1. The number of aliphatic hydroxyl groups is 1. The van der Waals surface area contributed by atoms with Gasteiger partial charge < -0.3 is 20.3 Å². The van der Waals surface area contributed by atoms with Crippen LogP contribution in [0.5, 0.6) is 5.75 Å². The van der Waals surface area contributed by atoms with Crippen molar-refractivity contribution in [2.45, 2.75) is 12.7 Å². The molecule has 4 nitrogen and oxygen atoms in total. The van der Waals surface area contributed by atoms with Crippen molar-refractivity contribution >= 4 is 5.69 Å². The van der Waals surface area contributed by atoms with Crippen LogP contribution >= 0.6 is 0 Å². The average Bonchev–Trinajstić information content (AvgIpc) is 2.52. The van der Waals surface area contributed by atoms with E-state index < -0.39 is 23.5 Å². The topological polar surface area (TPSA) is 64.7 Å². The van der Waals surface area contributed by atoms with E-state index >= 15 is 0 Å². The fourth-order valence-corrected chi connectivity index (χ4v) is 1.81. The molecule has 0 aromatic heterocycles. The third-order valence-corrected chi connectivity index (χ3v) is 2.92. The molecule has 0 radical (unpaired) electrons. The smallest absolute Gasteiger partial charge is 0.202 e. The Kier molecular flexibility index (Phi) is 5.68. The molecule has 0 saturated carbocycles.